The number of methoxy groups -OCH3 is 1. The number of nitrogens with zero attached hydrogens (tertiary/aromatic N) is 1. The Morgan fingerprint density at radius 3 is 3.00 bits per heavy atom. The molecule has 2 heterocycles. The van der Waals surface area contributed by atoms with Gasteiger partial charge in [0.25, 0.3) is 0 Å². The van der Waals surface area contributed by atoms with Crippen molar-refractivity contribution in [3.05, 3.63) is 35.9 Å². The summed E-state index contributed by atoms with van der Waals surface area (Å²) in [6.45, 7) is 6.57. The SMILES string of the molecule is C=CCN1CC[C@]23c4c5ccc(O)c4OC2[C@@H](OCCOC)CC[C@@]3(O)[C@H]1C5. The van der Waals surface area contributed by atoms with E-state index in [0.29, 0.717) is 25.4 Å². The molecule has 0 radical (unpaired) electrons. The number of hydrogen-bond donors (Lipinski definition) is 2. The van der Waals surface area contributed by atoms with Crippen molar-refractivity contribution < 1.29 is 24.4 Å². The zero-order valence-electron chi connectivity index (χ0n) is 16.4. The first kappa shape index (κ1) is 18.4. The minimum atomic E-state index is -0.897. The van der Waals surface area contributed by atoms with Crippen molar-refractivity contribution in [3.63, 3.8) is 0 Å². The summed E-state index contributed by atoms with van der Waals surface area (Å²) in [4.78, 5) is 2.36. The van der Waals surface area contributed by atoms with Gasteiger partial charge in [0.1, 0.15) is 6.10 Å². The van der Waals surface area contributed by atoms with Crippen molar-refractivity contribution in [3.8, 4) is 11.5 Å². The molecular formula is C22H29NO5. The van der Waals surface area contributed by atoms with Crippen molar-refractivity contribution in [1.82, 2.24) is 4.90 Å². The molecule has 5 rings (SSSR count). The lowest BCUT2D eigenvalue weighted by molar-refractivity contribution is -0.214. The molecule has 2 fully saturated rings. The molecule has 4 aliphatic rings. The molecule has 0 aromatic heterocycles. The third-order valence-corrected chi connectivity index (χ3v) is 7.50. The summed E-state index contributed by atoms with van der Waals surface area (Å²) in [7, 11) is 1.66. The molecule has 1 aromatic rings. The summed E-state index contributed by atoms with van der Waals surface area (Å²) in [5.74, 6) is 0.714. The van der Waals surface area contributed by atoms with Crippen molar-refractivity contribution in [2.45, 2.75) is 54.9 Å². The highest BCUT2D eigenvalue weighted by Crippen LogP contribution is 2.65. The van der Waals surface area contributed by atoms with Gasteiger partial charge in [0.15, 0.2) is 11.5 Å². The van der Waals surface area contributed by atoms with E-state index in [4.69, 9.17) is 14.2 Å². The van der Waals surface area contributed by atoms with Crippen molar-refractivity contribution in [2.24, 2.45) is 0 Å². The fraction of sp³-hybridized carbons (Fsp3) is 0.636. The van der Waals surface area contributed by atoms with Gasteiger partial charge in [-0.3, -0.25) is 4.90 Å². The Bertz CT molecular complexity index is 797. The highest BCUT2D eigenvalue weighted by Gasteiger charge is 2.73. The van der Waals surface area contributed by atoms with E-state index in [-0.39, 0.29) is 24.0 Å². The van der Waals surface area contributed by atoms with Crippen LogP contribution in [-0.2, 0) is 21.3 Å². The number of hydrogen-bond acceptors (Lipinski definition) is 6. The zero-order valence-corrected chi connectivity index (χ0v) is 16.4. The van der Waals surface area contributed by atoms with E-state index in [1.54, 1.807) is 13.2 Å². The van der Waals surface area contributed by atoms with Crippen molar-refractivity contribution in [2.75, 3.05) is 33.4 Å². The lowest BCUT2D eigenvalue weighted by Gasteiger charge is -2.64. The Morgan fingerprint density at radius 2 is 2.21 bits per heavy atom. The standard InChI is InChI=1S/C22H29NO5/c1-3-9-23-10-8-21-18-14-4-5-15(24)19(18)28-20(21)16(27-12-11-26-2)6-7-22(21,25)17(23)13-14/h3-5,16-17,20,24-25H,1,6-13H2,2H3/t16-,17+,20?,21-,22+/m0/s1. The first-order valence-corrected chi connectivity index (χ1v) is 10.3. The summed E-state index contributed by atoms with van der Waals surface area (Å²) >= 11 is 0. The van der Waals surface area contributed by atoms with Crippen LogP contribution in [0.3, 0.4) is 0 Å². The normalized spacial score (nSPS) is 38.0. The number of likely N-dealkylation sites (tertiary alicyclic amines) is 1. The van der Waals surface area contributed by atoms with Crippen LogP contribution in [0.2, 0.25) is 0 Å². The molecule has 152 valence electrons. The number of aliphatic hydroxyl groups is 1. The first-order valence-electron chi connectivity index (χ1n) is 10.3. The number of rotatable bonds is 6. The Hall–Kier alpha value is -1.60. The smallest absolute Gasteiger partial charge is 0.165 e. The molecule has 2 N–H and O–H groups in total. The van der Waals surface area contributed by atoms with Crippen LogP contribution in [0.4, 0.5) is 0 Å². The van der Waals surface area contributed by atoms with Crippen LogP contribution in [0.1, 0.15) is 30.4 Å². The summed E-state index contributed by atoms with van der Waals surface area (Å²) in [6, 6.07) is 3.75. The predicted molar refractivity (Wildman–Crippen MR) is 104 cm³/mol. The molecular weight excluding hydrogens is 358 g/mol. The van der Waals surface area contributed by atoms with Gasteiger partial charge in [-0.25, -0.2) is 0 Å². The average Bonchev–Trinajstić information content (AvgIpc) is 3.03. The minimum absolute atomic E-state index is 0.0215. The van der Waals surface area contributed by atoms with Gasteiger partial charge in [0.2, 0.25) is 0 Å². The van der Waals surface area contributed by atoms with Crippen molar-refractivity contribution in [1.29, 1.82) is 0 Å². The van der Waals surface area contributed by atoms with E-state index in [0.717, 1.165) is 37.9 Å². The van der Waals surface area contributed by atoms with Crippen LogP contribution in [0, 0.1) is 0 Å². The van der Waals surface area contributed by atoms with Gasteiger partial charge in [-0.05, 0) is 43.9 Å². The van der Waals surface area contributed by atoms with E-state index < -0.39 is 11.0 Å². The van der Waals surface area contributed by atoms with Gasteiger partial charge in [-0.1, -0.05) is 12.1 Å². The number of phenols is 1. The maximum atomic E-state index is 12.2. The van der Waals surface area contributed by atoms with Crippen LogP contribution in [0.5, 0.6) is 11.5 Å². The zero-order chi connectivity index (χ0) is 19.5. The highest BCUT2D eigenvalue weighted by molar-refractivity contribution is 5.62. The summed E-state index contributed by atoms with van der Waals surface area (Å²) in [5.41, 5.74) is 0.768. The molecule has 1 saturated carbocycles. The molecule has 6 nitrogen and oxygen atoms in total. The van der Waals surface area contributed by atoms with Crippen LogP contribution >= 0.6 is 0 Å². The van der Waals surface area contributed by atoms with Crippen LogP contribution in [0.25, 0.3) is 0 Å². The average molecular weight is 387 g/mol. The maximum Gasteiger partial charge on any atom is 0.165 e. The third-order valence-electron chi connectivity index (χ3n) is 7.50. The Morgan fingerprint density at radius 1 is 1.36 bits per heavy atom. The van der Waals surface area contributed by atoms with E-state index in [2.05, 4.69) is 11.5 Å². The van der Waals surface area contributed by atoms with E-state index in [1.807, 2.05) is 12.1 Å². The van der Waals surface area contributed by atoms with E-state index in [9.17, 15) is 10.2 Å². The summed E-state index contributed by atoms with van der Waals surface area (Å²) < 4.78 is 17.7. The fourth-order valence-corrected chi connectivity index (χ4v) is 6.42. The lowest BCUT2D eigenvalue weighted by Crippen LogP contribution is -2.77. The number of piperidine rings is 1. The molecule has 0 amide bonds. The Labute approximate surface area is 165 Å². The van der Waals surface area contributed by atoms with Gasteiger partial charge in [-0.15, -0.1) is 6.58 Å². The molecule has 2 aliphatic heterocycles. The quantitative estimate of drug-likeness (QED) is 0.573. The van der Waals surface area contributed by atoms with Gasteiger partial charge in [0, 0.05) is 25.3 Å². The number of aromatic hydroxyl groups is 1. The van der Waals surface area contributed by atoms with E-state index >= 15 is 0 Å². The van der Waals surface area contributed by atoms with Crippen LogP contribution in [-0.4, -0.2) is 72.4 Å². The minimum Gasteiger partial charge on any atom is -0.504 e. The molecule has 1 saturated heterocycles. The second-order valence-electron chi connectivity index (χ2n) is 8.58. The molecule has 6 heteroatoms. The molecule has 1 spiro atoms. The summed E-state index contributed by atoms with van der Waals surface area (Å²) in [5, 5.41) is 22.7. The van der Waals surface area contributed by atoms with E-state index in [1.165, 1.54) is 5.56 Å². The molecule has 1 aromatic carbocycles. The van der Waals surface area contributed by atoms with Crippen molar-refractivity contribution >= 4 is 0 Å². The topological polar surface area (TPSA) is 71.4 Å². The fourth-order valence-electron chi connectivity index (χ4n) is 6.42. The molecule has 2 bridgehead atoms. The Balaban J connectivity index is 1.63. The first-order chi connectivity index (χ1) is 13.6. The monoisotopic (exact) mass is 387 g/mol. The van der Waals surface area contributed by atoms with Gasteiger partial charge in [0.05, 0.1) is 30.3 Å². The lowest BCUT2D eigenvalue weighted by atomic mass is 9.48. The molecule has 28 heavy (non-hydrogen) atoms. The number of ether oxygens (including phenoxy) is 3. The second-order valence-corrected chi connectivity index (χ2v) is 8.58. The predicted octanol–water partition coefficient (Wildman–Crippen LogP) is 1.76. The highest BCUT2D eigenvalue weighted by atomic mass is 16.6. The molecule has 1 unspecified atom stereocenters. The maximum absolute atomic E-state index is 12.2. The van der Waals surface area contributed by atoms with Gasteiger partial charge < -0.3 is 24.4 Å². The molecule has 5 atom stereocenters. The second kappa shape index (κ2) is 6.46. The summed E-state index contributed by atoms with van der Waals surface area (Å²) in [6.07, 6.45) is 4.44. The number of benzene rings is 1. The van der Waals surface area contributed by atoms with Gasteiger partial charge in [-0.2, -0.15) is 0 Å². The molecule has 2 aliphatic carbocycles. The third kappa shape index (κ3) is 2.17. The van der Waals surface area contributed by atoms with Crippen LogP contribution in [0.15, 0.2) is 24.8 Å². The largest absolute Gasteiger partial charge is 0.504 e. The number of phenolic OH excluding ortho intramolecular Hbond substituents is 1. The van der Waals surface area contributed by atoms with Crippen LogP contribution < -0.4 is 4.74 Å². The van der Waals surface area contributed by atoms with Gasteiger partial charge >= 0.3 is 0 Å². The Kier molecular flexibility index (Phi) is 4.25.